The van der Waals surface area contributed by atoms with E-state index < -0.39 is 5.66 Å². The van der Waals surface area contributed by atoms with Gasteiger partial charge in [-0.1, -0.05) is 32.8 Å². The van der Waals surface area contributed by atoms with E-state index in [-0.39, 0.29) is 12.0 Å². The fraction of sp³-hybridized carbons (Fsp3) is 0.600. The van der Waals surface area contributed by atoms with E-state index in [0.717, 1.165) is 44.3 Å². The lowest BCUT2D eigenvalue weighted by atomic mass is 9.82. The number of aryl methyl sites for hydroxylation is 1. The number of imidazole rings is 1. The number of aromatic nitrogens is 3. The molecule has 1 aliphatic carbocycles. The third kappa shape index (κ3) is 3.93. The van der Waals surface area contributed by atoms with Crippen LogP contribution < -0.4 is 11.1 Å². The van der Waals surface area contributed by atoms with E-state index in [1.807, 2.05) is 24.7 Å². The molecule has 3 unspecified atom stereocenters. The highest BCUT2D eigenvalue weighted by Crippen LogP contribution is 2.35. The molecule has 3 rings (SSSR count). The van der Waals surface area contributed by atoms with Crippen LogP contribution in [0.25, 0.3) is 0 Å². The van der Waals surface area contributed by atoms with Crippen molar-refractivity contribution in [2.45, 2.75) is 76.4 Å². The normalized spacial score (nSPS) is 20.7. The van der Waals surface area contributed by atoms with Gasteiger partial charge in [0.25, 0.3) is 0 Å². The summed E-state index contributed by atoms with van der Waals surface area (Å²) in [7, 11) is 0. The monoisotopic (exact) mass is 341 g/mol. The quantitative estimate of drug-likeness (QED) is 0.638. The molecule has 0 radical (unpaired) electrons. The number of aromatic amines is 1. The molecule has 25 heavy (non-hydrogen) atoms. The Hall–Kier alpha value is -1.72. The summed E-state index contributed by atoms with van der Waals surface area (Å²) in [5, 5.41) is 3.82. The molecule has 2 heterocycles. The Labute approximate surface area is 150 Å². The van der Waals surface area contributed by atoms with Crippen LogP contribution in [0.4, 0.5) is 0 Å². The Balaban J connectivity index is 1.89. The molecule has 0 bridgehead atoms. The Kier molecular flexibility index (Phi) is 5.86. The van der Waals surface area contributed by atoms with Crippen LogP contribution in [0.5, 0.6) is 0 Å². The summed E-state index contributed by atoms with van der Waals surface area (Å²) in [5.41, 5.74) is 9.06. The average molecular weight is 342 g/mol. The maximum Gasteiger partial charge on any atom is 0.112 e. The number of fused-ring (bicyclic) bond motifs is 1. The van der Waals surface area contributed by atoms with Crippen molar-refractivity contribution in [2.24, 2.45) is 5.73 Å². The van der Waals surface area contributed by atoms with E-state index >= 15 is 0 Å². The van der Waals surface area contributed by atoms with Crippen molar-refractivity contribution >= 4 is 0 Å². The van der Waals surface area contributed by atoms with Gasteiger partial charge >= 0.3 is 0 Å². The molecule has 2 aromatic heterocycles. The predicted molar refractivity (Wildman–Crippen MR) is 101 cm³/mol. The topological polar surface area (TPSA) is 79.6 Å². The molecule has 4 N–H and O–H groups in total. The van der Waals surface area contributed by atoms with Crippen LogP contribution >= 0.6 is 0 Å². The third-order valence-electron chi connectivity index (χ3n) is 5.35. The van der Waals surface area contributed by atoms with Crippen molar-refractivity contribution in [2.75, 3.05) is 0 Å². The number of hydrogen-bond donors (Lipinski definition) is 3. The van der Waals surface area contributed by atoms with Gasteiger partial charge in [0.15, 0.2) is 0 Å². The lowest BCUT2D eigenvalue weighted by molar-refractivity contribution is 0.198. The number of nitrogens with one attached hydrogen (secondary N) is 2. The molecule has 0 fully saturated rings. The number of pyridine rings is 1. The van der Waals surface area contributed by atoms with Crippen molar-refractivity contribution in [3.63, 3.8) is 0 Å². The van der Waals surface area contributed by atoms with E-state index in [1.165, 1.54) is 17.7 Å². The molecule has 0 saturated carbocycles. The first-order valence-electron chi connectivity index (χ1n) is 9.67. The molecule has 0 aromatic carbocycles. The predicted octanol–water partition coefficient (Wildman–Crippen LogP) is 3.81. The fourth-order valence-electron chi connectivity index (χ4n) is 4.23. The van der Waals surface area contributed by atoms with E-state index in [4.69, 9.17) is 5.73 Å². The summed E-state index contributed by atoms with van der Waals surface area (Å²) in [4.78, 5) is 12.5. The molecule has 3 atom stereocenters. The smallest absolute Gasteiger partial charge is 0.112 e. The number of H-pyrrole nitrogens is 1. The van der Waals surface area contributed by atoms with Crippen LogP contribution in [0.2, 0.25) is 0 Å². The highest BCUT2D eigenvalue weighted by Gasteiger charge is 2.39. The van der Waals surface area contributed by atoms with Crippen molar-refractivity contribution in [1.82, 2.24) is 20.3 Å². The molecule has 1 aliphatic rings. The number of rotatable bonds is 8. The number of nitrogens with two attached hydrogens (primary N) is 1. The van der Waals surface area contributed by atoms with Crippen LogP contribution in [0.3, 0.4) is 0 Å². The van der Waals surface area contributed by atoms with Crippen molar-refractivity contribution in [3.05, 3.63) is 47.8 Å². The van der Waals surface area contributed by atoms with Crippen molar-refractivity contribution in [3.8, 4) is 0 Å². The first-order valence-corrected chi connectivity index (χ1v) is 9.67. The third-order valence-corrected chi connectivity index (χ3v) is 5.35. The summed E-state index contributed by atoms with van der Waals surface area (Å²) >= 11 is 0. The minimum Gasteiger partial charge on any atom is -0.348 e. The summed E-state index contributed by atoms with van der Waals surface area (Å²) in [5.74, 6) is 1.16. The largest absolute Gasteiger partial charge is 0.348 e. The molecule has 0 saturated heterocycles. The second-order valence-electron chi connectivity index (χ2n) is 7.24. The van der Waals surface area contributed by atoms with E-state index in [9.17, 15) is 0 Å². The summed E-state index contributed by atoms with van der Waals surface area (Å²) in [6.07, 6.45) is 13.0. The van der Waals surface area contributed by atoms with Crippen LogP contribution in [0, 0.1) is 0 Å². The van der Waals surface area contributed by atoms with Gasteiger partial charge in [0.2, 0.25) is 0 Å². The fourth-order valence-corrected chi connectivity index (χ4v) is 4.23. The standard InChI is InChI=1S/C20H31N5/c1-3-7-16(19-23-13-14-24-19)20(21,11-4-2)25-17-10-5-8-15-9-6-12-22-18(15)17/h6,9,12-14,16-17,25H,3-5,7-8,10-11,21H2,1-2H3,(H,23,24). The zero-order valence-electron chi connectivity index (χ0n) is 15.5. The average Bonchev–Trinajstić information content (AvgIpc) is 3.14. The molecular formula is C20H31N5. The summed E-state index contributed by atoms with van der Waals surface area (Å²) in [6, 6.07) is 4.45. The molecular weight excluding hydrogens is 310 g/mol. The van der Waals surface area contributed by atoms with Gasteiger partial charge in [0.05, 0.1) is 17.4 Å². The molecule has 5 heteroatoms. The van der Waals surface area contributed by atoms with Crippen LogP contribution in [-0.4, -0.2) is 20.6 Å². The number of hydrogen-bond acceptors (Lipinski definition) is 4. The van der Waals surface area contributed by atoms with Crippen LogP contribution in [0.1, 0.15) is 81.4 Å². The maximum atomic E-state index is 7.02. The SMILES string of the molecule is CCCC(c1ncc[nH]1)C(N)(CCC)NC1CCCc2cccnc21. The second-order valence-corrected chi connectivity index (χ2v) is 7.24. The summed E-state index contributed by atoms with van der Waals surface area (Å²) < 4.78 is 0. The lowest BCUT2D eigenvalue weighted by Crippen LogP contribution is -2.59. The number of nitrogens with zero attached hydrogens (tertiary/aromatic N) is 2. The summed E-state index contributed by atoms with van der Waals surface area (Å²) in [6.45, 7) is 4.40. The van der Waals surface area contributed by atoms with Gasteiger partial charge in [-0.15, -0.1) is 0 Å². The molecule has 2 aromatic rings. The minimum absolute atomic E-state index is 0.168. The Morgan fingerprint density at radius 2 is 2.20 bits per heavy atom. The van der Waals surface area contributed by atoms with Crippen molar-refractivity contribution in [1.29, 1.82) is 0 Å². The molecule has 0 amide bonds. The van der Waals surface area contributed by atoms with E-state index in [1.54, 1.807) is 0 Å². The first-order chi connectivity index (χ1) is 12.2. The van der Waals surface area contributed by atoms with Gasteiger partial charge in [-0.25, -0.2) is 4.98 Å². The minimum atomic E-state index is -0.487. The zero-order valence-corrected chi connectivity index (χ0v) is 15.5. The highest BCUT2D eigenvalue weighted by molar-refractivity contribution is 5.26. The zero-order chi connectivity index (χ0) is 17.7. The van der Waals surface area contributed by atoms with E-state index in [0.29, 0.717) is 0 Å². The Morgan fingerprint density at radius 3 is 2.92 bits per heavy atom. The van der Waals surface area contributed by atoms with Gasteiger partial charge in [0.1, 0.15) is 5.82 Å². The molecule has 136 valence electrons. The van der Waals surface area contributed by atoms with Crippen LogP contribution in [-0.2, 0) is 6.42 Å². The first kappa shape index (κ1) is 18.1. The van der Waals surface area contributed by atoms with Gasteiger partial charge in [0, 0.05) is 24.5 Å². The van der Waals surface area contributed by atoms with Gasteiger partial charge < -0.3 is 10.7 Å². The Bertz CT molecular complexity index is 654. The van der Waals surface area contributed by atoms with Gasteiger partial charge in [-0.2, -0.15) is 0 Å². The van der Waals surface area contributed by atoms with Crippen LogP contribution in [0.15, 0.2) is 30.7 Å². The highest BCUT2D eigenvalue weighted by atomic mass is 15.2. The van der Waals surface area contributed by atoms with Gasteiger partial charge in [-0.05, 0) is 43.7 Å². The lowest BCUT2D eigenvalue weighted by Gasteiger charge is -2.41. The second kappa shape index (κ2) is 8.11. The molecule has 0 spiro atoms. The molecule has 5 nitrogen and oxygen atoms in total. The maximum absolute atomic E-state index is 7.02. The van der Waals surface area contributed by atoms with E-state index in [2.05, 4.69) is 40.2 Å². The molecule has 0 aliphatic heterocycles. The van der Waals surface area contributed by atoms with Crippen molar-refractivity contribution < 1.29 is 0 Å². The van der Waals surface area contributed by atoms with Gasteiger partial charge in [-0.3, -0.25) is 10.3 Å². The Morgan fingerprint density at radius 1 is 1.32 bits per heavy atom.